The number of hydrogen-bond acceptors (Lipinski definition) is 4. The highest BCUT2D eigenvalue weighted by molar-refractivity contribution is 5.94. The molecule has 0 radical (unpaired) electrons. The van der Waals surface area contributed by atoms with E-state index in [1.165, 1.54) is 30.5 Å². The summed E-state index contributed by atoms with van der Waals surface area (Å²) in [5.74, 6) is -0.416. The molecule has 0 saturated heterocycles. The Bertz CT molecular complexity index is 463. The van der Waals surface area contributed by atoms with E-state index in [9.17, 15) is 14.9 Å². The molecule has 1 amide bonds. The Morgan fingerprint density at radius 3 is 2.59 bits per heavy atom. The first-order valence-corrected chi connectivity index (χ1v) is 4.84. The van der Waals surface area contributed by atoms with Crippen LogP contribution >= 0.6 is 0 Å². The summed E-state index contributed by atoms with van der Waals surface area (Å²) < 4.78 is 0. The van der Waals surface area contributed by atoms with E-state index in [4.69, 9.17) is 0 Å². The van der Waals surface area contributed by atoms with Gasteiger partial charge in [0.15, 0.2) is 0 Å². The molecular weight excluding hydrogens is 222 g/mol. The van der Waals surface area contributed by atoms with Crippen molar-refractivity contribution in [1.29, 1.82) is 0 Å². The Balaban J connectivity index is 2.67. The zero-order chi connectivity index (χ0) is 12.7. The maximum Gasteiger partial charge on any atom is 0.271 e. The fourth-order valence-electron chi connectivity index (χ4n) is 1.02. The van der Waals surface area contributed by atoms with E-state index in [-0.39, 0.29) is 5.69 Å². The van der Waals surface area contributed by atoms with Gasteiger partial charge in [0.05, 0.1) is 4.92 Å². The smallest absolute Gasteiger partial charge is 0.267 e. The van der Waals surface area contributed by atoms with E-state index in [1.54, 1.807) is 12.2 Å². The number of rotatable bonds is 4. The highest BCUT2D eigenvalue weighted by Gasteiger charge is 2.08. The number of nitrogens with zero attached hydrogens (tertiary/aromatic N) is 2. The number of nitro benzene ring substituents is 1. The van der Waals surface area contributed by atoms with Crippen LogP contribution in [0.4, 0.5) is 5.69 Å². The predicted octanol–water partition coefficient (Wildman–Crippen LogP) is 1.89. The van der Waals surface area contributed by atoms with Gasteiger partial charge in [0.25, 0.3) is 11.6 Å². The summed E-state index contributed by atoms with van der Waals surface area (Å²) in [6.45, 7) is 1.82. The number of nitro groups is 1. The van der Waals surface area contributed by atoms with Crippen molar-refractivity contribution in [2.24, 2.45) is 5.10 Å². The average Bonchev–Trinajstić information content (AvgIpc) is 2.34. The summed E-state index contributed by atoms with van der Waals surface area (Å²) in [7, 11) is 0. The molecule has 0 heterocycles. The van der Waals surface area contributed by atoms with Crippen LogP contribution in [-0.2, 0) is 0 Å². The van der Waals surface area contributed by atoms with Crippen molar-refractivity contribution in [2.45, 2.75) is 6.92 Å². The minimum Gasteiger partial charge on any atom is -0.267 e. The number of hydrogen-bond donors (Lipinski definition) is 1. The number of hydrazone groups is 1. The third-order valence-electron chi connectivity index (χ3n) is 1.86. The summed E-state index contributed by atoms with van der Waals surface area (Å²) >= 11 is 0. The first-order chi connectivity index (χ1) is 8.15. The van der Waals surface area contributed by atoms with Gasteiger partial charge in [-0.3, -0.25) is 14.9 Å². The van der Waals surface area contributed by atoms with Gasteiger partial charge >= 0.3 is 0 Å². The zero-order valence-electron chi connectivity index (χ0n) is 9.16. The maximum absolute atomic E-state index is 11.5. The molecule has 6 nitrogen and oxygen atoms in total. The van der Waals surface area contributed by atoms with Gasteiger partial charge in [-0.2, -0.15) is 5.10 Å². The van der Waals surface area contributed by atoms with Crippen molar-refractivity contribution in [2.75, 3.05) is 0 Å². The number of allylic oxidation sites excluding steroid dienone is 2. The Morgan fingerprint density at radius 1 is 1.41 bits per heavy atom. The molecule has 6 heteroatoms. The van der Waals surface area contributed by atoms with Gasteiger partial charge in [-0.1, -0.05) is 6.08 Å². The summed E-state index contributed by atoms with van der Waals surface area (Å²) in [4.78, 5) is 21.3. The second kappa shape index (κ2) is 6.16. The third kappa shape index (κ3) is 3.86. The summed E-state index contributed by atoms with van der Waals surface area (Å²) in [5.41, 5.74) is 2.55. The lowest BCUT2D eigenvalue weighted by Crippen LogP contribution is -2.17. The van der Waals surface area contributed by atoms with E-state index in [1.807, 2.05) is 6.92 Å². The molecule has 0 unspecified atom stereocenters. The van der Waals surface area contributed by atoms with Gasteiger partial charge in [-0.15, -0.1) is 0 Å². The number of carbonyl (C=O) groups excluding carboxylic acids is 1. The molecule has 1 rings (SSSR count). The van der Waals surface area contributed by atoms with Crippen LogP contribution in [0.5, 0.6) is 0 Å². The van der Waals surface area contributed by atoms with Gasteiger partial charge in [-0.05, 0) is 25.1 Å². The highest BCUT2D eigenvalue weighted by atomic mass is 16.6. The van der Waals surface area contributed by atoms with Crippen LogP contribution in [0.1, 0.15) is 17.3 Å². The van der Waals surface area contributed by atoms with Crippen LogP contribution in [0.15, 0.2) is 41.5 Å². The molecule has 0 aromatic heterocycles. The monoisotopic (exact) mass is 233 g/mol. The zero-order valence-corrected chi connectivity index (χ0v) is 9.16. The van der Waals surface area contributed by atoms with Crippen LogP contribution in [0.3, 0.4) is 0 Å². The highest BCUT2D eigenvalue weighted by Crippen LogP contribution is 2.11. The van der Waals surface area contributed by atoms with Crippen LogP contribution < -0.4 is 5.43 Å². The maximum atomic E-state index is 11.5. The van der Waals surface area contributed by atoms with E-state index < -0.39 is 10.8 Å². The molecule has 0 aliphatic carbocycles. The van der Waals surface area contributed by atoms with E-state index in [0.717, 1.165) is 0 Å². The first-order valence-electron chi connectivity index (χ1n) is 4.84. The van der Waals surface area contributed by atoms with Gasteiger partial charge in [-0.25, -0.2) is 5.43 Å². The molecule has 0 spiro atoms. The minimum atomic E-state index is -0.522. The topological polar surface area (TPSA) is 84.6 Å². The van der Waals surface area contributed by atoms with E-state index in [0.29, 0.717) is 5.56 Å². The normalized spacial score (nSPS) is 10.9. The van der Waals surface area contributed by atoms with Crippen molar-refractivity contribution in [3.8, 4) is 0 Å². The second-order valence-electron chi connectivity index (χ2n) is 3.05. The first kappa shape index (κ1) is 12.6. The molecule has 1 aromatic carbocycles. The van der Waals surface area contributed by atoms with Gasteiger partial charge in [0.1, 0.15) is 0 Å². The van der Waals surface area contributed by atoms with Crippen LogP contribution in [0, 0.1) is 10.1 Å². The van der Waals surface area contributed by atoms with Gasteiger partial charge in [0, 0.05) is 23.9 Å². The predicted molar refractivity (Wildman–Crippen MR) is 63.9 cm³/mol. The molecule has 0 aliphatic heterocycles. The molecule has 1 aromatic rings. The number of benzene rings is 1. The lowest BCUT2D eigenvalue weighted by atomic mass is 10.2. The Labute approximate surface area is 97.8 Å². The SMILES string of the molecule is C/C=C/C=N/NC(=O)c1ccc([N+](=O)[O-])cc1. The molecule has 0 bridgehead atoms. The fraction of sp³-hybridized carbons (Fsp3) is 0.0909. The fourth-order valence-corrected chi connectivity index (χ4v) is 1.02. The average molecular weight is 233 g/mol. The molecular formula is C11H11N3O3. The lowest BCUT2D eigenvalue weighted by molar-refractivity contribution is -0.384. The Morgan fingerprint density at radius 2 is 2.06 bits per heavy atom. The summed E-state index contributed by atoms with van der Waals surface area (Å²) in [6.07, 6.45) is 4.86. The Hall–Kier alpha value is -2.50. The molecule has 0 atom stereocenters. The molecule has 88 valence electrons. The minimum absolute atomic E-state index is 0.0565. The van der Waals surface area contributed by atoms with Crippen molar-refractivity contribution in [3.63, 3.8) is 0 Å². The van der Waals surface area contributed by atoms with Crippen LogP contribution in [0.2, 0.25) is 0 Å². The number of amides is 1. The summed E-state index contributed by atoms with van der Waals surface area (Å²) in [5, 5.41) is 14.0. The van der Waals surface area contributed by atoms with Crippen LogP contribution in [0.25, 0.3) is 0 Å². The Kier molecular flexibility index (Phi) is 4.56. The summed E-state index contributed by atoms with van der Waals surface area (Å²) in [6, 6.07) is 5.28. The molecule has 1 N–H and O–H groups in total. The molecule has 0 fully saturated rings. The standard InChI is InChI=1S/C11H11N3O3/c1-2-3-8-12-13-11(15)9-4-6-10(7-5-9)14(16)17/h2-8H,1H3,(H,13,15)/b3-2+,12-8+. The van der Waals surface area contributed by atoms with Crippen molar-refractivity contribution in [1.82, 2.24) is 5.43 Å². The number of nitrogens with one attached hydrogen (secondary N) is 1. The van der Waals surface area contributed by atoms with Gasteiger partial charge < -0.3 is 0 Å². The van der Waals surface area contributed by atoms with E-state index >= 15 is 0 Å². The second-order valence-corrected chi connectivity index (χ2v) is 3.05. The molecule has 0 aliphatic rings. The number of carbonyl (C=O) groups is 1. The lowest BCUT2D eigenvalue weighted by Gasteiger charge is -1.98. The third-order valence-corrected chi connectivity index (χ3v) is 1.86. The van der Waals surface area contributed by atoms with Crippen LogP contribution in [-0.4, -0.2) is 17.0 Å². The largest absolute Gasteiger partial charge is 0.271 e. The molecule has 0 saturated carbocycles. The quantitative estimate of drug-likeness (QED) is 0.489. The molecule has 17 heavy (non-hydrogen) atoms. The van der Waals surface area contributed by atoms with E-state index in [2.05, 4.69) is 10.5 Å². The van der Waals surface area contributed by atoms with Crippen molar-refractivity contribution in [3.05, 3.63) is 52.1 Å². The van der Waals surface area contributed by atoms with Crippen molar-refractivity contribution >= 4 is 17.8 Å². The van der Waals surface area contributed by atoms with Gasteiger partial charge in [0.2, 0.25) is 0 Å². The van der Waals surface area contributed by atoms with Crippen molar-refractivity contribution < 1.29 is 9.72 Å². The number of non-ortho nitro benzene ring substituents is 1.